The van der Waals surface area contributed by atoms with E-state index < -0.39 is 0 Å². The molecule has 0 aromatic rings. The molecule has 1 rings (SSSR count). The molecule has 0 spiro atoms. The van der Waals surface area contributed by atoms with Crippen LogP contribution in [0.2, 0.25) is 0 Å². The van der Waals surface area contributed by atoms with Crippen molar-refractivity contribution in [1.82, 2.24) is 5.32 Å². The fourth-order valence-corrected chi connectivity index (χ4v) is 1.46. The van der Waals surface area contributed by atoms with Crippen LogP contribution < -0.4 is 11.1 Å². The van der Waals surface area contributed by atoms with Crippen LogP contribution in [0.25, 0.3) is 0 Å². The zero-order chi connectivity index (χ0) is 8.32. The van der Waals surface area contributed by atoms with E-state index in [0.717, 1.165) is 25.4 Å². The quantitative estimate of drug-likeness (QED) is 0.629. The Morgan fingerprint density at radius 2 is 1.91 bits per heavy atom. The summed E-state index contributed by atoms with van der Waals surface area (Å²) in [6.45, 7) is 5.20. The Bertz CT molecular complexity index is 106. The van der Waals surface area contributed by atoms with Crippen molar-refractivity contribution in [1.29, 1.82) is 0 Å². The van der Waals surface area contributed by atoms with Crippen molar-refractivity contribution in [2.24, 2.45) is 5.73 Å². The SMILES string of the molecule is CCC(CC)(CN)NC1CC1. The van der Waals surface area contributed by atoms with Crippen molar-refractivity contribution in [3.8, 4) is 0 Å². The average molecular weight is 156 g/mol. The normalized spacial score (nSPS) is 18.8. The first-order chi connectivity index (χ1) is 5.26. The average Bonchev–Trinajstić information content (AvgIpc) is 2.84. The minimum Gasteiger partial charge on any atom is -0.329 e. The molecule has 0 aromatic carbocycles. The molecule has 1 fully saturated rings. The first-order valence-electron chi connectivity index (χ1n) is 4.74. The van der Waals surface area contributed by atoms with Gasteiger partial charge in [0.25, 0.3) is 0 Å². The van der Waals surface area contributed by atoms with E-state index >= 15 is 0 Å². The Morgan fingerprint density at radius 1 is 1.36 bits per heavy atom. The van der Waals surface area contributed by atoms with Crippen molar-refractivity contribution < 1.29 is 0 Å². The number of nitrogens with one attached hydrogen (secondary N) is 1. The van der Waals surface area contributed by atoms with Crippen molar-refractivity contribution in [2.75, 3.05) is 6.54 Å². The van der Waals surface area contributed by atoms with Gasteiger partial charge in [-0.15, -0.1) is 0 Å². The second kappa shape index (κ2) is 3.55. The lowest BCUT2D eigenvalue weighted by molar-refractivity contribution is 0.306. The zero-order valence-electron chi connectivity index (χ0n) is 7.69. The highest BCUT2D eigenvalue weighted by molar-refractivity contribution is 4.94. The summed E-state index contributed by atoms with van der Waals surface area (Å²) in [6.07, 6.45) is 5.00. The van der Waals surface area contributed by atoms with E-state index in [1.807, 2.05) is 0 Å². The van der Waals surface area contributed by atoms with Crippen LogP contribution in [-0.2, 0) is 0 Å². The number of hydrogen-bond donors (Lipinski definition) is 2. The Labute approximate surface area is 69.5 Å². The van der Waals surface area contributed by atoms with Crippen LogP contribution in [0.15, 0.2) is 0 Å². The maximum Gasteiger partial charge on any atom is 0.0301 e. The highest BCUT2D eigenvalue weighted by Gasteiger charge is 2.32. The molecule has 0 amide bonds. The van der Waals surface area contributed by atoms with Crippen LogP contribution >= 0.6 is 0 Å². The van der Waals surface area contributed by atoms with Crippen molar-refractivity contribution in [2.45, 2.75) is 51.1 Å². The smallest absolute Gasteiger partial charge is 0.0301 e. The van der Waals surface area contributed by atoms with Gasteiger partial charge in [-0.05, 0) is 25.7 Å². The minimum atomic E-state index is 0.237. The summed E-state index contributed by atoms with van der Waals surface area (Å²) in [4.78, 5) is 0. The first kappa shape index (κ1) is 9.01. The molecule has 0 unspecified atom stereocenters. The van der Waals surface area contributed by atoms with Gasteiger partial charge in [0, 0.05) is 18.1 Å². The van der Waals surface area contributed by atoms with Gasteiger partial charge in [0.1, 0.15) is 0 Å². The van der Waals surface area contributed by atoms with Gasteiger partial charge in [-0.1, -0.05) is 13.8 Å². The third-order valence-electron chi connectivity index (χ3n) is 2.83. The van der Waals surface area contributed by atoms with E-state index in [-0.39, 0.29) is 5.54 Å². The van der Waals surface area contributed by atoms with Crippen LogP contribution in [-0.4, -0.2) is 18.1 Å². The minimum absolute atomic E-state index is 0.237. The summed E-state index contributed by atoms with van der Waals surface area (Å²) in [5, 5.41) is 3.63. The van der Waals surface area contributed by atoms with Crippen LogP contribution in [0.1, 0.15) is 39.5 Å². The molecule has 0 aliphatic heterocycles. The molecule has 0 bridgehead atoms. The molecule has 2 nitrogen and oxygen atoms in total. The first-order valence-corrected chi connectivity index (χ1v) is 4.74. The molecular formula is C9H20N2. The fraction of sp³-hybridized carbons (Fsp3) is 1.00. The van der Waals surface area contributed by atoms with Crippen LogP contribution in [0, 0.1) is 0 Å². The summed E-state index contributed by atoms with van der Waals surface area (Å²) in [5.74, 6) is 0. The van der Waals surface area contributed by atoms with Gasteiger partial charge >= 0.3 is 0 Å². The molecule has 1 aliphatic carbocycles. The van der Waals surface area contributed by atoms with E-state index in [2.05, 4.69) is 19.2 Å². The lowest BCUT2D eigenvalue weighted by Gasteiger charge is -2.31. The summed E-state index contributed by atoms with van der Waals surface area (Å²) >= 11 is 0. The van der Waals surface area contributed by atoms with Crippen LogP contribution in [0.5, 0.6) is 0 Å². The third-order valence-corrected chi connectivity index (χ3v) is 2.83. The summed E-state index contributed by atoms with van der Waals surface area (Å²) < 4.78 is 0. The molecule has 2 heteroatoms. The predicted molar refractivity (Wildman–Crippen MR) is 48.5 cm³/mol. The molecule has 0 radical (unpaired) electrons. The summed E-state index contributed by atoms with van der Waals surface area (Å²) in [6, 6.07) is 0.776. The van der Waals surface area contributed by atoms with E-state index in [0.29, 0.717) is 0 Å². The van der Waals surface area contributed by atoms with Crippen LogP contribution in [0.4, 0.5) is 0 Å². The van der Waals surface area contributed by atoms with Crippen molar-refractivity contribution in [3.63, 3.8) is 0 Å². The lowest BCUT2D eigenvalue weighted by atomic mass is 9.93. The van der Waals surface area contributed by atoms with E-state index in [1.54, 1.807) is 0 Å². The maximum atomic E-state index is 5.74. The monoisotopic (exact) mass is 156 g/mol. The van der Waals surface area contributed by atoms with Gasteiger partial charge < -0.3 is 11.1 Å². The topological polar surface area (TPSA) is 38.0 Å². The Kier molecular flexibility index (Phi) is 2.90. The zero-order valence-corrected chi connectivity index (χ0v) is 7.69. The summed E-state index contributed by atoms with van der Waals surface area (Å²) in [5.41, 5.74) is 5.98. The Hall–Kier alpha value is -0.0800. The molecule has 0 aromatic heterocycles. The van der Waals surface area contributed by atoms with Crippen molar-refractivity contribution >= 4 is 0 Å². The number of nitrogens with two attached hydrogens (primary N) is 1. The highest BCUT2D eigenvalue weighted by Crippen LogP contribution is 2.25. The predicted octanol–water partition coefficient (Wildman–Crippen LogP) is 1.26. The molecule has 0 heterocycles. The maximum absolute atomic E-state index is 5.74. The number of rotatable bonds is 5. The molecule has 1 aliphatic rings. The largest absolute Gasteiger partial charge is 0.329 e. The molecule has 0 saturated heterocycles. The van der Waals surface area contributed by atoms with Gasteiger partial charge in [-0.3, -0.25) is 0 Å². The molecule has 1 saturated carbocycles. The molecule has 0 atom stereocenters. The molecule has 3 N–H and O–H groups in total. The second-order valence-electron chi connectivity index (χ2n) is 3.61. The van der Waals surface area contributed by atoms with E-state index in [4.69, 9.17) is 5.73 Å². The standard InChI is InChI=1S/C9H20N2/c1-3-9(4-2,7-10)11-8-5-6-8/h8,11H,3-7,10H2,1-2H3. The van der Waals surface area contributed by atoms with Gasteiger partial charge in [-0.25, -0.2) is 0 Å². The molecule has 66 valence electrons. The van der Waals surface area contributed by atoms with Gasteiger partial charge in [0.2, 0.25) is 0 Å². The van der Waals surface area contributed by atoms with Gasteiger partial charge in [-0.2, -0.15) is 0 Å². The summed E-state index contributed by atoms with van der Waals surface area (Å²) in [7, 11) is 0. The second-order valence-corrected chi connectivity index (χ2v) is 3.61. The van der Waals surface area contributed by atoms with Crippen LogP contribution in [0.3, 0.4) is 0 Å². The molecule has 11 heavy (non-hydrogen) atoms. The lowest BCUT2D eigenvalue weighted by Crippen LogP contribution is -2.51. The van der Waals surface area contributed by atoms with E-state index in [1.165, 1.54) is 12.8 Å². The van der Waals surface area contributed by atoms with Gasteiger partial charge in [0.05, 0.1) is 0 Å². The van der Waals surface area contributed by atoms with Gasteiger partial charge in [0.15, 0.2) is 0 Å². The molecular weight excluding hydrogens is 136 g/mol. The fourth-order valence-electron chi connectivity index (χ4n) is 1.46. The Morgan fingerprint density at radius 3 is 2.18 bits per heavy atom. The third kappa shape index (κ3) is 2.17. The number of hydrogen-bond acceptors (Lipinski definition) is 2. The van der Waals surface area contributed by atoms with E-state index in [9.17, 15) is 0 Å². The Balaban J connectivity index is 2.39. The highest BCUT2D eigenvalue weighted by atomic mass is 15.0. The van der Waals surface area contributed by atoms with Crippen molar-refractivity contribution in [3.05, 3.63) is 0 Å².